The molecule has 5 rings (SSSR count). The SMILES string of the molecule is CN[C@@H](C)C(=O)N[C@H](C(=O)N1CCC[C@H]1c1nc(-c2ccc(C)c3ccccc23)cs1)[C@H]1CC[C@H](O)CC1. The van der Waals surface area contributed by atoms with Crippen molar-refractivity contribution >= 4 is 33.9 Å². The van der Waals surface area contributed by atoms with Gasteiger partial charge in [0.15, 0.2) is 0 Å². The number of likely N-dealkylation sites (N-methyl/N-ethyl adjacent to an activating group) is 1. The number of nitrogens with zero attached hydrogens (tertiary/aromatic N) is 2. The Hall–Kier alpha value is -2.81. The molecular formula is C30H38N4O3S. The second-order valence-electron chi connectivity index (χ2n) is 10.8. The highest BCUT2D eigenvalue weighted by Gasteiger charge is 2.40. The molecule has 1 aromatic heterocycles. The van der Waals surface area contributed by atoms with Crippen LogP contribution in [0.25, 0.3) is 22.0 Å². The van der Waals surface area contributed by atoms with E-state index >= 15 is 0 Å². The number of aliphatic hydroxyl groups excluding tert-OH is 1. The Morgan fingerprint density at radius 1 is 1.08 bits per heavy atom. The maximum Gasteiger partial charge on any atom is 0.246 e. The number of hydrogen-bond acceptors (Lipinski definition) is 6. The summed E-state index contributed by atoms with van der Waals surface area (Å²) in [6.45, 7) is 4.58. The van der Waals surface area contributed by atoms with Gasteiger partial charge in [-0.05, 0) is 81.7 Å². The highest BCUT2D eigenvalue weighted by molar-refractivity contribution is 7.10. The summed E-state index contributed by atoms with van der Waals surface area (Å²) in [6, 6.07) is 11.6. The number of carbonyl (C=O) groups excluding carboxylic acids is 2. The first kappa shape index (κ1) is 26.8. The van der Waals surface area contributed by atoms with Crippen molar-refractivity contribution in [2.45, 2.75) is 76.6 Å². The Morgan fingerprint density at radius 3 is 2.55 bits per heavy atom. The molecular weight excluding hydrogens is 496 g/mol. The van der Waals surface area contributed by atoms with E-state index in [0.29, 0.717) is 19.4 Å². The number of likely N-dealkylation sites (tertiary alicyclic amines) is 1. The quantitative estimate of drug-likeness (QED) is 0.413. The van der Waals surface area contributed by atoms with Crippen molar-refractivity contribution in [1.82, 2.24) is 20.5 Å². The number of rotatable bonds is 7. The van der Waals surface area contributed by atoms with Crippen molar-refractivity contribution in [1.29, 1.82) is 0 Å². The fourth-order valence-corrected chi connectivity index (χ4v) is 6.89. The lowest BCUT2D eigenvalue weighted by molar-refractivity contribution is -0.139. The number of benzene rings is 2. The van der Waals surface area contributed by atoms with Crippen molar-refractivity contribution in [3.05, 3.63) is 52.3 Å². The van der Waals surface area contributed by atoms with Gasteiger partial charge in [0.25, 0.3) is 0 Å². The molecule has 8 heteroatoms. The highest BCUT2D eigenvalue weighted by atomic mass is 32.1. The Labute approximate surface area is 228 Å². The monoisotopic (exact) mass is 534 g/mol. The molecule has 2 aromatic carbocycles. The number of fused-ring (bicyclic) bond motifs is 1. The average Bonchev–Trinajstić information content (AvgIpc) is 3.62. The Balaban J connectivity index is 1.40. The van der Waals surface area contributed by atoms with Crippen molar-refractivity contribution < 1.29 is 14.7 Å². The Morgan fingerprint density at radius 2 is 1.82 bits per heavy atom. The number of nitrogens with one attached hydrogen (secondary N) is 2. The van der Waals surface area contributed by atoms with Gasteiger partial charge in [0, 0.05) is 17.5 Å². The summed E-state index contributed by atoms with van der Waals surface area (Å²) in [4.78, 5) is 33.9. The summed E-state index contributed by atoms with van der Waals surface area (Å²) in [7, 11) is 1.74. The summed E-state index contributed by atoms with van der Waals surface area (Å²) >= 11 is 1.61. The second kappa shape index (κ2) is 11.5. The third-order valence-corrected chi connectivity index (χ3v) is 9.31. The third-order valence-electron chi connectivity index (χ3n) is 8.36. The van der Waals surface area contributed by atoms with E-state index in [1.54, 1.807) is 25.3 Å². The lowest BCUT2D eigenvalue weighted by Crippen LogP contribution is -2.55. The van der Waals surface area contributed by atoms with Crippen LogP contribution in [0.3, 0.4) is 0 Å². The lowest BCUT2D eigenvalue weighted by atomic mass is 9.81. The zero-order valence-corrected chi connectivity index (χ0v) is 23.3. The maximum absolute atomic E-state index is 14.1. The topological polar surface area (TPSA) is 94.6 Å². The van der Waals surface area contributed by atoms with Gasteiger partial charge in [0.2, 0.25) is 11.8 Å². The number of thiazole rings is 1. The molecule has 202 valence electrons. The molecule has 0 unspecified atom stereocenters. The van der Waals surface area contributed by atoms with Gasteiger partial charge in [0.05, 0.1) is 23.9 Å². The fraction of sp³-hybridized carbons (Fsp3) is 0.500. The molecule has 2 fully saturated rings. The van der Waals surface area contributed by atoms with E-state index < -0.39 is 6.04 Å². The molecule has 2 amide bonds. The lowest BCUT2D eigenvalue weighted by Gasteiger charge is -2.36. The van der Waals surface area contributed by atoms with Crippen molar-refractivity contribution in [2.24, 2.45) is 5.92 Å². The standard InChI is InChI=1S/C30H38N4O3S/c1-18-10-15-24(23-8-5-4-7-22(18)23)25-17-38-29(32-25)26-9-6-16-34(26)30(37)27(33-28(36)19(2)31-3)20-11-13-21(35)14-12-20/h4-5,7-8,10,15,17,19-21,26-27,31,35H,6,9,11-14,16H2,1-3H3,(H,33,36)/t19-,20-,21-,26-,27-/m0/s1. The first-order valence-electron chi connectivity index (χ1n) is 13.8. The van der Waals surface area contributed by atoms with Crippen LogP contribution in [0.15, 0.2) is 41.8 Å². The van der Waals surface area contributed by atoms with Gasteiger partial charge in [-0.15, -0.1) is 11.3 Å². The van der Waals surface area contributed by atoms with Crippen LogP contribution in [0.4, 0.5) is 0 Å². The number of hydrogen-bond donors (Lipinski definition) is 3. The second-order valence-corrected chi connectivity index (χ2v) is 11.7. The summed E-state index contributed by atoms with van der Waals surface area (Å²) in [5.41, 5.74) is 3.29. The molecule has 1 saturated carbocycles. The Kier molecular flexibility index (Phi) is 8.12. The number of aliphatic hydroxyl groups is 1. The van der Waals surface area contributed by atoms with Gasteiger partial charge >= 0.3 is 0 Å². The summed E-state index contributed by atoms with van der Waals surface area (Å²) in [6.07, 6.45) is 4.24. The molecule has 0 spiro atoms. The van der Waals surface area contributed by atoms with E-state index in [1.165, 1.54) is 16.3 Å². The van der Waals surface area contributed by atoms with Crippen molar-refractivity contribution in [2.75, 3.05) is 13.6 Å². The molecule has 3 atom stereocenters. The largest absolute Gasteiger partial charge is 0.393 e. The van der Waals surface area contributed by atoms with Gasteiger partial charge in [-0.25, -0.2) is 4.98 Å². The molecule has 2 heterocycles. The average molecular weight is 535 g/mol. The number of aryl methyl sites for hydroxylation is 1. The summed E-state index contributed by atoms with van der Waals surface area (Å²) in [5.74, 6) is -0.176. The van der Waals surface area contributed by atoms with Gasteiger partial charge in [-0.3, -0.25) is 9.59 Å². The van der Waals surface area contributed by atoms with Crippen LogP contribution in [0.5, 0.6) is 0 Å². The van der Waals surface area contributed by atoms with Crippen LogP contribution >= 0.6 is 11.3 Å². The molecule has 1 aliphatic carbocycles. The smallest absolute Gasteiger partial charge is 0.246 e. The molecule has 38 heavy (non-hydrogen) atoms. The molecule has 7 nitrogen and oxygen atoms in total. The fourth-order valence-electron chi connectivity index (χ4n) is 5.93. The minimum absolute atomic E-state index is 0.0194. The van der Waals surface area contributed by atoms with Gasteiger partial charge in [0.1, 0.15) is 11.0 Å². The summed E-state index contributed by atoms with van der Waals surface area (Å²) < 4.78 is 0. The van der Waals surface area contributed by atoms with E-state index in [2.05, 4.69) is 59.3 Å². The predicted octanol–water partition coefficient (Wildman–Crippen LogP) is 4.58. The predicted molar refractivity (Wildman–Crippen MR) is 152 cm³/mol. The van der Waals surface area contributed by atoms with Gasteiger partial charge in [-0.1, -0.05) is 36.4 Å². The minimum Gasteiger partial charge on any atom is -0.393 e. The molecule has 3 aromatic rings. The van der Waals surface area contributed by atoms with Crippen LogP contribution in [-0.2, 0) is 9.59 Å². The zero-order valence-electron chi connectivity index (χ0n) is 22.4. The minimum atomic E-state index is -0.591. The molecule has 3 N–H and O–H groups in total. The molecule has 1 aliphatic heterocycles. The summed E-state index contributed by atoms with van der Waals surface area (Å²) in [5, 5.41) is 21.5. The van der Waals surface area contributed by atoms with E-state index in [4.69, 9.17) is 4.98 Å². The zero-order chi connectivity index (χ0) is 26.8. The van der Waals surface area contributed by atoms with Crippen LogP contribution < -0.4 is 10.6 Å². The molecule has 0 radical (unpaired) electrons. The number of aromatic nitrogens is 1. The third kappa shape index (κ3) is 5.35. The number of amides is 2. The maximum atomic E-state index is 14.1. The van der Waals surface area contributed by atoms with Gasteiger partial charge < -0.3 is 20.6 Å². The molecule has 0 bridgehead atoms. The first-order valence-corrected chi connectivity index (χ1v) is 14.7. The Bertz CT molecular complexity index is 1300. The van der Waals surface area contributed by atoms with E-state index in [1.807, 2.05) is 4.90 Å². The van der Waals surface area contributed by atoms with Crippen LogP contribution in [0.1, 0.15) is 62.1 Å². The first-order chi connectivity index (χ1) is 18.4. The number of carbonyl (C=O) groups is 2. The van der Waals surface area contributed by atoms with Gasteiger partial charge in [-0.2, -0.15) is 0 Å². The molecule has 1 saturated heterocycles. The van der Waals surface area contributed by atoms with Crippen LogP contribution in [0, 0.1) is 12.8 Å². The van der Waals surface area contributed by atoms with Crippen LogP contribution in [-0.4, -0.2) is 58.6 Å². The van der Waals surface area contributed by atoms with Crippen molar-refractivity contribution in [3.63, 3.8) is 0 Å². The molecule has 2 aliphatic rings. The van der Waals surface area contributed by atoms with E-state index in [0.717, 1.165) is 41.9 Å². The van der Waals surface area contributed by atoms with Crippen LogP contribution in [0.2, 0.25) is 0 Å². The van der Waals surface area contributed by atoms with Crippen molar-refractivity contribution in [3.8, 4) is 11.3 Å². The normalized spacial score (nSPS) is 23.4. The van der Waals surface area contributed by atoms with E-state index in [9.17, 15) is 14.7 Å². The van der Waals surface area contributed by atoms with E-state index in [-0.39, 0.29) is 35.9 Å². The highest BCUT2D eigenvalue weighted by Crippen LogP contribution is 2.39.